The molecule has 2 aliphatic rings. The standard InChI is InChI=1S/C21H32N4O4S/c1-18(22-30(28,29)19-9-5-4-6-10-19)21(27)25-15-13-23(14-16-25)17-20(26)24-11-7-2-3-8-12-24/h4-6,9-10,18,22H,2-3,7-8,11-17H2,1H3/t18-/m0/s1. The maximum atomic E-state index is 12.7. The molecule has 8 nitrogen and oxygen atoms in total. The molecule has 1 aromatic rings. The molecular weight excluding hydrogens is 404 g/mol. The molecule has 2 heterocycles. The first kappa shape index (κ1) is 22.7. The summed E-state index contributed by atoms with van der Waals surface area (Å²) in [5.74, 6) is -0.0753. The molecule has 1 N–H and O–H groups in total. The normalized spacial score (nSPS) is 19.9. The molecule has 3 rings (SSSR count). The molecule has 2 fully saturated rings. The average molecular weight is 437 g/mol. The van der Waals surface area contributed by atoms with Crippen molar-refractivity contribution in [1.82, 2.24) is 19.4 Å². The first-order valence-corrected chi connectivity index (χ1v) is 12.2. The van der Waals surface area contributed by atoms with Crippen LogP contribution in [0.3, 0.4) is 0 Å². The highest BCUT2D eigenvalue weighted by Crippen LogP contribution is 2.12. The van der Waals surface area contributed by atoms with Gasteiger partial charge in [0, 0.05) is 39.3 Å². The average Bonchev–Trinajstić information content (AvgIpc) is 3.04. The highest BCUT2D eigenvalue weighted by atomic mass is 32.2. The molecule has 2 saturated heterocycles. The van der Waals surface area contributed by atoms with E-state index in [1.807, 2.05) is 4.90 Å². The fourth-order valence-corrected chi connectivity index (χ4v) is 5.18. The van der Waals surface area contributed by atoms with E-state index in [0.717, 1.165) is 25.9 Å². The maximum Gasteiger partial charge on any atom is 0.241 e. The summed E-state index contributed by atoms with van der Waals surface area (Å²) in [5, 5.41) is 0. The molecule has 1 atom stereocenters. The van der Waals surface area contributed by atoms with Crippen LogP contribution < -0.4 is 4.72 Å². The van der Waals surface area contributed by atoms with Gasteiger partial charge in [-0.25, -0.2) is 8.42 Å². The van der Waals surface area contributed by atoms with E-state index in [9.17, 15) is 18.0 Å². The lowest BCUT2D eigenvalue weighted by Crippen LogP contribution is -2.55. The number of nitrogens with one attached hydrogen (secondary N) is 1. The van der Waals surface area contributed by atoms with Gasteiger partial charge >= 0.3 is 0 Å². The molecule has 1 aromatic carbocycles. The van der Waals surface area contributed by atoms with Crippen molar-refractivity contribution in [2.75, 3.05) is 45.8 Å². The molecule has 166 valence electrons. The third-order valence-electron chi connectivity index (χ3n) is 5.76. The van der Waals surface area contributed by atoms with Crippen LogP contribution in [-0.4, -0.2) is 86.8 Å². The lowest BCUT2D eigenvalue weighted by molar-refractivity contribution is -0.136. The molecule has 9 heteroatoms. The summed E-state index contributed by atoms with van der Waals surface area (Å²) in [7, 11) is -3.74. The molecule has 2 aliphatic heterocycles. The number of benzene rings is 1. The zero-order valence-electron chi connectivity index (χ0n) is 17.6. The number of piperazine rings is 1. The van der Waals surface area contributed by atoms with Crippen molar-refractivity contribution >= 4 is 21.8 Å². The van der Waals surface area contributed by atoms with Gasteiger partial charge in [0.1, 0.15) is 0 Å². The third-order valence-corrected chi connectivity index (χ3v) is 7.31. The number of carbonyl (C=O) groups excluding carboxylic acids is 2. The van der Waals surface area contributed by atoms with Gasteiger partial charge in [0.05, 0.1) is 17.5 Å². The van der Waals surface area contributed by atoms with Gasteiger partial charge < -0.3 is 9.80 Å². The fourth-order valence-electron chi connectivity index (χ4n) is 3.96. The molecular formula is C21H32N4O4S. The van der Waals surface area contributed by atoms with Gasteiger partial charge in [0.25, 0.3) is 0 Å². The summed E-state index contributed by atoms with van der Waals surface area (Å²) < 4.78 is 27.4. The predicted molar refractivity (Wildman–Crippen MR) is 114 cm³/mol. The Balaban J connectivity index is 1.47. The van der Waals surface area contributed by atoms with Gasteiger partial charge in [-0.3, -0.25) is 14.5 Å². The summed E-state index contributed by atoms with van der Waals surface area (Å²) in [4.78, 5) is 31.1. The van der Waals surface area contributed by atoms with Crippen molar-refractivity contribution in [2.45, 2.75) is 43.5 Å². The lowest BCUT2D eigenvalue weighted by Gasteiger charge is -2.36. The second kappa shape index (κ2) is 10.4. The van der Waals surface area contributed by atoms with Crippen LogP contribution >= 0.6 is 0 Å². The van der Waals surface area contributed by atoms with Crippen molar-refractivity contribution in [2.24, 2.45) is 0 Å². The minimum absolute atomic E-state index is 0.140. The first-order chi connectivity index (χ1) is 14.4. The summed E-state index contributed by atoms with van der Waals surface area (Å²) in [6.45, 7) is 5.85. The molecule has 0 aromatic heterocycles. The molecule has 2 amide bonds. The summed E-state index contributed by atoms with van der Waals surface area (Å²) >= 11 is 0. The largest absolute Gasteiger partial charge is 0.342 e. The highest BCUT2D eigenvalue weighted by Gasteiger charge is 2.29. The monoisotopic (exact) mass is 436 g/mol. The number of likely N-dealkylation sites (tertiary alicyclic amines) is 1. The minimum atomic E-state index is -3.74. The van der Waals surface area contributed by atoms with Crippen molar-refractivity contribution in [3.05, 3.63) is 30.3 Å². The molecule has 0 spiro atoms. The number of carbonyl (C=O) groups is 2. The highest BCUT2D eigenvalue weighted by molar-refractivity contribution is 7.89. The Bertz CT molecular complexity index is 815. The van der Waals surface area contributed by atoms with Crippen molar-refractivity contribution < 1.29 is 18.0 Å². The molecule has 0 saturated carbocycles. The molecule has 0 radical (unpaired) electrons. The topological polar surface area (TPSA) is 90.0 Å². The van der Waals surface area contributed by atoms with Gasteiger partial charge in [-0.2, -0.15) is 4.72 Å². The van der Waals surface area contributed by atoms with Crippen LogP contribution in [0.1, 0.15) is 32.6 Å². The van der Waals surface area contributed by atoms with Gasteiger partial charge in [0.2, 0.25) is 21.8 Å². The molecule has 0 aliphatic carbocycles. The second-order valence-corrected chi connectivity index (χ2v) is 9.77. The van der Waals surface area contributed by atoms with Crippen molar-refractivity contribution in [1.29, 1.82) is 0 Å². The fraction of sp³-hybridized carbons (Fsp3) is 0.619. The molecule has 0 bridgehead atoms. The van der Waals surface area contributed by atoms with Crippen LogP contribution in [0.2, 0.25) is 0 Å². The van der Waals surface area contributed by atoms with Crippen LogP contribution in [-0.2, 0) is 19.6 Å². The first-order valence-electron chi connectivity index (χ1n) is 10.7. The molecule has 30 heavy (non-hydrogen) atoms. The predicted octanol–water partition coefficient (Wildman–Crippen LogP) is 0.900. The Hall–Kier alpha value is -1.97. The van der Waals surface area contributed by atoms with Gasteiger partial charge in [-0.15, -0.1) is 0 Å². The quantitative estimate of drug-likeness (QED) is 0.716. The van der Waals surface area contributed by atoms with E-state index in [2.05, 4.69) is 9.62 Å². The van der Waals surface area contributed by atoms with E-state index in [1.54, 1.807) is 30.0 Å². The Morgan fingerprint density at radius 3 is 2.10 bits per heavy atom. The van der Waals surface area contributed by atoms with Crippen molar-refractivity contribution in [3.63, 3.8) is 0 Å². The smallest absolute Gasteiger partial charge is 0.241 e. The summed E-state index contributed by atoms with van der Waals surface area (Å²) in [6.07, 6.45) is 4.53. The van der Waals surface area contributed by atoms with E-state index < -0.39 is 16.1 Å². The SMILES string of the molecule is C[C@H](NS(=O)(=O)c1ccccc1)C(=O)N1CCN(CC(=O)N2CCCCCC2)CC1. The van der Waals surface area contributed by atoms with Crippen LogP contribution in [0.5, 0.6) is 0 Å². The number of amides is 2. The van der Waals surface area contributed by atoms with E-state index >= 15 is 0 Å². The van der Waals surface area contributed by atoms with Crippen LogP contribution in [0.4, 0.5) is 0 Å². The third kappa shape index (κ3) is 6.02. The van der Waals surface area contributed by atoms with E-state index in [0.29, 0.717) is 32.7 Å². The Kier molecular flexibility index (Phi) is 7.85. The zero-order chi connectivity index (χ0) is 21.6. The Labute approximate surface area is 179 Å². The van der Waals surface area contributed by atoms with Crippen LogP contribution in [0, 0.1) is 0 Å². The number of hydrogen-bond donors (Lipinski definition) is 1. The number of rotatable bonds is 6. The number of sulfonamides is 1. The van der Waals surface area contributed by atoms with E-state index in [-0.39, 0.29) is 16.7 Å². The van der Waals surface area contributed by atoms with Gasteiger partial charge in [-0.05, 0) is 31.9 Å². The number of hydrogen-bond acceptors (Lipinski definition) is 5. The number of nitrogens with zero attached hydrogens (tertiary/aromatic N) is 3. The summed E-state index contributed by atoms with van der Waals surface area (Å²) in [6, 6.07) is 7.19. The van der Waals surface area contributed by atoms with Gasteiger partial charge in [0.15, 0.2) is 0 Å². The second-order valence-electron chi connectivity index (χ2n) is 8.05. The zero-order valence-corrected chi connectivity index (χ0v) is 18.4. The molecule has 0 unspecified atom stereocenters. The summed E-state index contributed by atoms with van der Waals surface area (Å²) in [5.41, 5.74) is 0. The maximum absolute atomic E-state index is 12.7. The lowest BCUT2D eigenvalue weighted by atomic mass is 10.2. The van der Waals surface area contributed by atoms with Gasteiger partial charge in [-0.1, -0.05) is 31.0 Å². The van der Waals surface area contributed by atoms with Crippen LogP contribution in [0.15, 0.2) is 35.2 Å². The Morgan fingerprint density at radius 2 is 1.50 bits per heavy atom. The van der Waals surface area contributed by atoms with Crippen LogP contribution in [0.25, 0.3) is 0 Å². The Morgan fingerprint density at radius 1 is 0.900 bits per heavy atom. The van der Waals surface area contributed by atoms with E-state index in [4.69, 9.17) is 0 Å². The minimum Gasteiger partial charge on any atom is -0.342 e. The van der Waals surface area contributed by atoms with E-state index in [1.165, 1.54) is 25.0 Å². The van der Waals surface area contributed by atoms with Crippen molar-refractivity contribution in [3.8, 4) is 0 Å².